The lowest BCUT2D eigenvalue weighted by Crippen LogP contribution is -2.25. The average molecular weight is 248 g/mol. The summed E-state index contributed by atoms with van der Waals surface area (Å²) in [7, 11) is 0. The second-order valence-corrected chi connectivity index (χ2v) is 5.10. The van der Waals surface area contributed by atoms with Crippen molar-refractivity contribution in [3.63, 3.8) is 0 Å². The molecular weight excluding hydrogens is 220 g/mol. The first-order chi connectivity index (χ1) is 8.72. The van der Waals surface area contributed by atoms with Crippen LogP contribution >= 0.6 is 0 Å². The Hall–Kier alpha value is -0.890. The van der Waals surface area contributed by atoms with E-state index in [4.69, 9.17) is 0 Å². The van der Waals surface area contributed by atoms with E-state index in [0.717, 1.165) is 18.2 Å². The van der Waals surface area contributed by atoms with Gasteiger partial charge < -0.3 is 5.32 Å². The smallest absolute Gasteiger partial charge is 0.0420 e. The van der Waals surface area contributed by atoms with Gasteiger partial charge in [0.2, 0.25) is 0 Å². The first-order valence-electron chi connectivity index (χ1n) is 7.37. The molecule has 1 aromatic heterocycles. The van der Waals surface area contributed by atoms with E-state index in [9.17, 15) is 0 Å². The lowest BCUT2D eigenvalue weighted by molar-refractivity contribution is 0.370. The van der Waals surface area contributed by atoms with E-state index in [-0.39, 0.29) is 0 Å². The quantitative estimate of drug-likeness (QED) is 0.743. The van der Waals surface area contributed by atoms with Crippen LogP contribution in [0.4, 0.5) is 0 Å². The number of rotatable bonds is 8. The maximum atomic E-state index is 4.43. The Morgan fingerprint density at radius 2 is 1.94 bits per heavy atom. The summed E-state index contributed by atoms with van der Waals surface area (Å²) in [5.74, 6) is 0.805. The summed E-state index contributed by atoms with van der Waals surface area (Å²) >= 11 is 0. The highest BCUT2D eigenvalue weighted by molar-refractivity contribution is 5.22. The van der Waals surface area contributed by atoms with Gasteiger partial charge >= 0.3 is 0 Å². The molecule has 1 aromatic rings. The molecule has 0 spiro atoms. The molecule has 2 heteroatoms. The van der Waals surface area contributed by atoms with Gasteiger partial charge in [-0.2, -0.15) is 0 Å². The summed E-state index contributed by atoms with van der Waals surface area (Å²) in [6.45, 7) is 10.0. The molecule has 0 saturated carbocycles. The Labute approximate surface area is 112 Å². The van der Waals surface area contributed by atoms with Crippen molar-refractivity contribution in [2.24, 2.45) is 5.92 Å². The van der Waals surface area contributed by atoms with Gasteiger partial charge in [-0.05, 0) is 43.9 Å². The Kier molecular flexibility index (Phi) is 6.96. The van der Waals surface area contributed by atoms with Crippen molar-refractivity contribution in [1.82, 2.24) is 10.3 Å². The van der Waals surface area contributed by atoms with Crippen LogP contribution in [0.25, 0.3) is 0 Å². The minimum absolute atomic E-state index is 0.462. The summed E-state index contributed by atoms with van der Waals surface area (Å²) < 4.78 is 0. The van der Waals surface area contributed by atoms with Gasteiger partial charge in [0.15, 0.2) is 0 Å². The second kappa shape index (κ2) is 8.25. The highest BCUT2D eigenvalue weighted by atomic mass is 14.9. The molecule has 0 aliphatic heterocycles. The number of aromatic nitrogens is 1. The van der Waals surface area contributed by atoms with E-state index < -0.39 is 0 Å². The average Bonchev–Trinajstić information content (AvgIpc) is 2.40. The zero-order valence-corrected chi connectivity index (χ0v) is 12.4. The third kappa shape index (κ3) is 4.41. The fourth-order valence-electron chi connectivity index (χ4n) is 2.46. The third-order valence-electron chi connectivity index (χ3n) is 3.79. The Morgan fingerprint density at radius 3 is 2.50 bits per heavy atom. The van der Waals surface area contributed by atoms with E-state index in [1.165, 1.54) is 31.2 Å². The van der Waals surface area contributed by atoms with Crippen LogP contribution in [0.5, 0.6) is 0 Å². The monoisotopic (exact) mass is 248 g/mol. The molecule has 1 rings (SSSR count). The van der Waals surface area contributed by atoms with Gasteiger partial charge in [0.25, 0.3) is 0 Å². The van der Waals surface area contributed by atoms with Crippen LogP contribution in [-0.4, -0.2) is 11.5 Å². The molecule has 0 aliphatic carbocycles. The molecule has 2 nitrogen and oxygen atoms in total. The molecule has 1 atom stereocenters. The third-order valence-corrected chi connectivity index (χ3v) is 3.79. The topological polar surface area (TPSA) is 24.9 Å². The Bertz CT molecular complexity index is 332. The molecular formula is C16H28N2. The standard InChI is InChI=1S/C16H28N2/c1-5-10-18-16(12-14(6-2)7-3)15-9-8-11-17-13(15)4/h8-9,11,14,16,18H,5-7,10,12H2,1-4H3. The van der Waals surface area contributed by atoms with Gasteiger partial charge in [-0.3, -0.25) is 4.98 Å². The van der Waals surface area contributed by atoms with Crippen LogP contribution in [0.2, 0.25) is 0 Å². The normalized spacial score (nSPS) is 12.9. The molecule has 1 unspecified atom stereocenters. The van der Waals surface area contributed by atoms with Gasteiger partial charge in [-0.15, -0.1) is 0 Å². The second-order valence-electron chi connectivity index (χ2n) is 5.10. The van der Waals surface area contributed by atoms with Crippen molar-refractivity contribution in [3.05, 3.63) is 29.6 Å². The molecule has 102 valence electrons. The molecule has 18 heavy (non-hydrogen) atoms. The van der Waals surface area contributed by atoms with Crippen LogP contribution in [-0.2, 0) is 0 Å². The molecule has 0 amide bonds. The van der Waals surface area contributed by atoms with Crippen molar-refractivity contribution in [2.45, 2.75) is 59.4 Å². The number of hydrogen-bond donors (Lipinski definition) is 1. The maximum Gasteiger partial charge on any atom is 0.0420 e. The first-order valence-corrected chi connectivity index (χ1v) is 7.37. The molecule has 1 heterocycles. The predicted molar refractivity (Wildman–Crippen MR) is 78.7 cm³/mol. The maximum absolute atomic E-state index is 4.43. The van der Waals surface area contributed by atoms with Gasteiger partial charge in [0.05, 0.1) is 0 Å². The summed E-state index contributed by atoms with van der Waals surface area (Å²) in [4.78, 5) is 4.43. The molecule has 0 fully saturated rings. The van der Waals surface area contributed by atoms with E-state index in [2.05, 4.69) is 50.1 Å². The van der Waals surface area contributed by atoms with Crippen LogP contribution in [0, 0.1) is 12.8 Å². The van der Waals surface area contributed by atoms with Crippen LogP contribution in [0.1, 0.15) is 63.8 Å². The summed E-state index contributed by atoms with van der Waals surface area (Å²) in [5.41, 5.74) is 2.54. The minimum atomic E-state index is 0.462. The zero-order chi connectivity index (χ0) is 13.4. The molecule has 0 bridgehead atoms. The van der Waals surface area contributed by atoms with Gasteiger partial charge in [0, 0.05) is 17.9 Å². The van der Waals surface area contributed by atoms with Crippen molar-refractivity contribution >= 4 is 0 Å². The van der Waals surface area contributed by atoms with Crippen molar-refractivity contribution in [1.29, 1.82) is 0 Å². The number of nitrogens with one attached hydrogen (secondary N) is 1. The number of nitrogens with zero attached hydrogens (tertiary/aromatic N) is 1. The van der Waals surface area contributed by atoms with Gasteiger partial charge in [-0.1, -0.05) is 39.7 Å². The van der Waals surface area contributed by atoms with E-state index in [1.54, 1.807) is 0 Å². The number of aryl methyl sites for hydroxylation is 1. The lowest BCUT2D eigenvalue weighted by atomic mass is 9.90. The van der Waals surface area contributed by atoms with Gasteiger partial charge in [-0.25, -0.2) is 0 Å². The lowest BCUT2D eigenvalue weighted by Gasteiger charge is -2.24. The minimum Gasteiger partial charge on any atom is -0.310 e. The summed E-state index contributed by atoms with van der Waals surface area (Å²) in [6.07, 6.45) is 6.81. The number of pyridine rings is 1. The highest BCUT2D eigenvalue weighted by Gasteiger charge is 2.17. The predicted octanol–water partition coefficient (Wildman–Crippen LogP) is 4.26. The van der Waals surface area contributed by atoms with Crippen LogP contribution in [0.15, 0.2) is 18.3 Å². The summed E-state index contributed by atoms with van der Waals surface area (Å²) in [6, 6.07) is 4.73. The van der Waals surface area contributed by atoms with Gasteiger partial charge in [0.1, 0.15) is 0 Å². The van der Waals surface area contributed by atoms with Crippen LogP contribution < -0.4 is 5.32 Å². The van der Waals surface area contributed by atoms with Crippen LogP contribution in [0.3, 0.4) is 0 Å². The molecule has 0 saturated heterocycles. The largest absolute Gasteiger partial charge is 0.310 e. The van der Waals surface area contributed by atoms with Crippen molar-refractivity contribution in [3.8, 4) is 0 Å². The van der Waals surface area contributed by atoms with E-state index >= 15 is 0 Å². The zero-order valence-electron chi connectivity index (χ0n) is 12.4. The first kappa shape index (κ1) is 15.2. The van der Waals surface area contributed by atoms with E-state index in [0.29, 0.717) is 6.04 Å². The number of hydrogen-bond acceptors (Lipinski definition) is 2. The molecule has 0 aromatic carbocycles. The molecule has 0 radical (unpaired) electrons. The summed E-state index contributed by atoms with van der Waals surface area (Å²) in [5, 5.41) is 3.69. The van der Waals surface area contributed by atoms with E-state index in [1.807, 2.05) is 6.20 Å². The molecule has 1 N–H and O–H groups in total. The SMILES string of the molecule is CCCNC(CC(CC)CC)c1cccnc1C. The fraction of sp³-hybridized carbons (Fsp3) is 0.688. The fourth-order valence-corrected chi connectivity index (χ4v) is 2.46. The highest BCUT2D eigenvalue weighted by Crippen LogP contribution is 2.26. The van der Waals surface area contributed by atoms with Crippen molar-refractivity contribution in [2.75, 3.05) is 6.54 Å². The Morgan fingerprint density at radius 1 is 1.22 bits per heavy atom. The molecule has 0 aliphatic rings. The Balaban J connectivity index is 2.80. The van der Waals surface area contributed by atoms with Crippen molar-refractivity contribution < 1.29 is 0 Å².